The molecule has 0 spiro atoms. The normalized spacial score (nSPS) is 11.8. The van der Waals surface area contributed by atoms with E-state index in [1.165, 1.54) is 18.4 Å². The smallest absolute Gasteiger partial charge is 0.191 e. The third-order valence-electron chi connectivity index (χ3n) is 3.59. The number of aliphatic imine (C=N–C) groups is 1. The Morgan fingerprint density at radius 1 is 1.32 bits per heavy atom. The molecule has 0 aliphatic heterocycles. The molecule has 1 aromatic heterocycles. The quantitative estimate of drug-likeness (QED) is 0.371. The summed E-state index contributed by atoms with van der Waals surface area (Å²) in [5.41, 5.74) is 1.34. The summed E-state index contributed by atoms with van der Waals surface area (Å²) in [6.07, 6.45) is 1.52. The van der Waals surface area contributed by atoms with Crippen LogP contribution in [0.1, 0.15) is 32.0 Å². The second kappa shape index (κ2) is 9.96. The molecule has 0 aliphatic carbocycles. The Labute approximate surface area is 169 Å². The van der Waals surface area contributed by atoms with Crippen LogP contribution in [-0.4, -0.2) is 24.2 Å². The summed E-state index contributed by atoms with van der Waals surface area (Å²) < 4.78 is 18.0. The summed E-state index contributed by atoms with van der Waals surface area (Å²) in [6.45, 7) is 7.82. The first kappa shape index (κ1) is 21.7. The summed E-state index contributed by atoms with van der Waals surface area (Å²) >= 11 is 6.19. The highest BCUT2D eigenvalue weighted by atomic mass is 127. The molecule has 0 aliphatic rings. The van der Waals surface area contributed by atoms with Gasteiger partial charge in [-0.25, -0.2) is 9.38 Å². The van der Waals surface area contributed by atoms with Gasteiger partial charge in [0.2, 0.25) is 0 Å². The van der Waals surface area contributed by atoms with E-state index in [1.807, 2.05) is 20.8 Å². The molecule has 0 atom stereocenters. The number of nitrogens with zero attached hydrogens (tertiary/aromatic N) is 2. The van der Waals surface area contributed by atoms with Gasteiger partial charge in [0.05, 0.1) is 6.54 Å². The molecule has 1 heterocycles. The van der Waals surface area contributed by atoms with E-state index < -0.39 is 0 Å². The number of benzene rings is 1. The first-order valence-corrected chi connectivity index (χ1v) is 8.17. The number of guanidine groups is 1. The van der Waals surface area contributed by atoms with E-state index in [2.05, 4.69) is 20.8 Å². The summed E-state index contributed by atoms with van der Waals surface area (Å²) in [5.74, 6) is 0.335. The van der Waals surface area contributed by atoms with Gasteiger partial charge in [0.25, 0.3) is 0 Å². The Morgan fingerprint density at radius 3 is 2.68 bits per heavy atom. The van der Waals surface area contributed by atoms with E-state index in [0.717, 1.165) is 17.8 Å². The van der Waals surface area contributed by atoms with Crippen molar-refractivity contribution >= 4 is 41.5 Å². The van der Waals surface area contributed by atoms with Crippen LogP contribution >= 0.6 is 35.6 Å². The molecule has 2 rings (SSSR count). The molecule has 2 N–H and O–H groups in total. The van der Waals surface area contributed by atoms with Gasteiger partial charge in [-0.15, -0.1) is 24.0 Å². The fourth-order valence-electron chi connectivity index (χ4n) is 2.26. The molecule has 8 heteroatoms. The van der Waals surface area contributed by atoms with E-state index in [4.69, 9.17) is 16.1 Å². The van der Waals surface area contributed by atoms with E-state index in [-0.39, 0.29) is 35.2 Å². The van der Waals surface area contributed by atoms with Crippen LogP contribution in [0, 0.1) is 5.82 Å². The number of hydrogen-bond donors (Lipinski definition) is 2. The van der Waals surface area contributed by atoms with Gasteiger partial charge in [-0.1, -0.05) is 36.7 Å². The van der Waals surface area contributed by atoms with Crippen LogP contribution in [0.25, 0.3) is 0 Å². The first-order chi connectivity index (χ1) is 11.4. The van der Waals surface area contributed by atoms with Gasteiger partial charge in [-0.3, -0.25) is 0 Å². The lowest BCUT2D eigenvalue weighted by Gasteiger charge is -2.27. The minimum Gasteiger partial charge on any atom is -0.364 e. The predicted octanol–water partition coefficient (Wildman–Crippen LogP) is 4.12. The van der Waals surface area contributed by atoms with Crippen molar-refractivity contribution in [2.75, 3.05) is 13.1 Å². The summed E-state index contributed by atoms with van der Waals surface area (Å²) in [4.78, 5) is 4.47. The van der Waals surface area contributed by atoms with Crippen LogP contribution in [0.2, 0.25) is 5.02 Å². The zero-order valence-electron chi connectivity index (χ0n) is 14.5. The van der Waals surface area contributed by atoms with Crippen LogP contribution in [0.3, 0.4) is 0 Å². The Morgan fingerprint density at radius 2 is 2.08 bits per heavy atom. The van der Waals surface area contributed by atoms with Crippen LogP contribution < -0.4 is 10.6 Å². The van der Waals surface area contributed by atoms with Crippen molar-refractivity contribution in [1.29, 1.82) is 0 Å². The van der Waals surface area contributed by atoms with Crippen molar-refractivity contribution in [3.8, 4) is 0 Å². The zero-order valence-corrected chi connectivity index (χ0v) is 17.6. The van der Waals surface area contributed by atoms with Crippen LogP contribution in [0.15, 0.2) is 40.0 Å². The Kier molecular flexibility index (Phi) is 8.64. The van der Waals surface area contributed by atoms with Crippen molar-refractivity contribution in [3.63, 3.8) is 0 Å². The largest absolute Gasteiger partial charge is 0.364 e. The number of halogens is 3. The van der Waals surface area contributed by atoms with Crippen LogP contribution in [0.5, 0.6) is 0 Å². The van der Waals surface area contributed by atoms with Crippen LogP contribution in [-0.2, 0) is 12.0 Å². The van der Waals surface area contributed by atoms with Gasteiger partial charge >= 0.3 is 0 Å². The molecule has 0 bridgehead atoms. The number of nitrogens with one attached hydrogen (secondary N) is 2. The van der Waals surface area contributed by atoms with E-state index in [1.54, 1.807) is 12.1 Å². The average molecular weight is 481 g/mol. The van der Waals surface area contributed by atoms with Crippen molar-refractivity contribution in [3.05, 3.63) is 52.6 Å². The highest BCUT2D eigenvalue weighted by Crippen LogP contribution is 2.29. The summed E-state index contributed by atoms with van der Waals surface area (Å²) in [6, 6.07) is 6.25. The number of hydrogen-bond acceptors (Lipinski definition) is 3. The Bertz CT molecular complexity index is 692. The van der Waals surface area contributed by atoms with E-state index >= 15 is 0 Å². The lowest BCUT2D eigenvalue weighted by molar-refractivity contribution is 0.412. The molecular formula is C17H23ClFIN4O. The van der Waals surface area contributed by atoms with Crippen molar-refractivity contribution < 1.29 is 8.91 Å². The molecule has 0 amide bonds. The lowest BCUT2D eigenvalue weighted by atomic mass is 9.84. The standard InChI is InChI=1S/C17H22ClFN4O.HI/c1-4-20-16(21-10-13-7-8-24-23-13)22-11-17(2,3)14-6-5-12(19)9-15(14)18;/h5-9H,4,10-11H2,1-3H3,(H2,20,21,22);1H. The molecule has 0 unspecified atom stereocenters. The van der Waals surface area contributed by atoms with E-state index in [0.29, 0.717) is 24.1 Å². The summed E-state index contributed by atoms with van der Waals surface area (Å²) in [5, 5.41) is 10.7. The topological polar surface area (TPSA) is 62.5 Å². The molecule has 5 nitrogen and oxygen atoms in total. The minimum atomic E-state index is -0.338. The van der Waals surface area contributed by atoms with Crippen molar-refractivity contribution in [2.24, 2.45) is 4.99 Å². The zero-order chi connectivity index (χ0) is 17.6. The van der Waals surface area contributed by atoms with Crippen LogP contribution in [0.4, 0.5) is 4.39 Å². The van der Waals surface area contributed by atoms with E-state index in [9.17, 15) is 4.39 Å². The maximum absolute atomic E-state index is 13.2. The molecule has 0 radical (unpaired) electrons. The first-order valence-electron chi connectivity index (χ1n) is 7.79. The van der Waals surface area contributed by atoms with Crippen molar-refractivity contribution in [2.45, 2.75) is 32.7 Å². The fraction of sp³-hybridized carbons (Fsp3) is 0.412. The molecule has 0 saturated carbocycles. The summed E-state index contributed by atoms with van der Waals surface area (Å²) in [7, 11) is 0. The predicted molar refractivity (Wildman–Crippen MR) is 109 cm³/mol. The SMILES string of the molecule is CCNC(=NCc1ccon1)NCC(C)(C)c1ccc(F)cc1Cl.I. The van der Waals surface area contributed by atoms with Gasteiger partial charge < -0.3 is 15.2 Å². The highest BCUT2D eigenvalue weighted by molar-refractivity contribution is 14.0. The van der Waals surface area contributed by atoms with Crippen molar-refractivity contribution in [1.82, 2.24) is 15.8 Å². The average Bonchev–Trinajstić information content (AvgIpc) is 3.03. The second-order valence-electron chi connectivity index (χ2n) is 6.05. The molecule has 138 valence electrons. The maximum Gasteiger partial charge on any atom is 0.191 e. The number of rotatable bonds is 6. The fourth-order valence-corrected chi connectivity index (χ4v) is 2.68. The lowest BCUT2D eigenvalue weighted by Crippen LogP contribution is -2.43. The van der Waals surface area contributed by atoms with Gasteiger partial charge in [0.15, 0.2) is 5.96 Å². The number of aromatic nitrogens is 1. The molecule has 0 saturated heterocycles. The monoisotopic (exact) mass is 480 g/mol. The molecule has 0 fully saturated rings. The molecule has 2 aromatic rings. The highest BCUT2D eigenvalue weighted by Gasteiger charge is 2.24. The molecule has 25 heavy (non-hydrogen) atoms. The third kappa shape index (κ3) is 6.47. The second-order valence-corrected chi connectivity index (χ2v) is 6.45. The van der Waals surface area contributed by atoms with Gasteiger partial charge in [0.1, 0.15) is 17.8 Å². The molecule has 1 aromatic carbocycles. The Hall–Kier alpha value is -1.35. The maximum atomic E-state index is 13.2. The van der Waals surface area contributed by atoms with Gasteiger partial charge in [-0.2, -0.15) is 0 Å². The van der Waals surface area contributed by atoms with Gasteiger partial charge in [-0.05, 0) is 24.6 Å². The Balaban J connectivity index is 0.00000312. The third-order valence-corrected chi connectivity index (χ3v) is 3.91. The minimum absolute atomic E-state index is 0. The van der Waals surface area contributed by atoms with Gasteiger partial charge in [0, 0.05) is 29.6 Å². The molecular weight excluding hydrogens is 458 g/mol.